The molecule has 202 valence electrons. The van der Waals surface area contributed by atoms with Crippen molar-refractivity contribution in [1.82, 2.24) is 10.2 Å². The Bertz CT molecular complexity index is 1030. The van der Waals surface area contributed by atoms with E-state index >= 15 is 0 Å². The number of ether oxygens (including phenoxy) is 3. The summed E-state index contributed by atoms with van der Waals surface area (Å²) in [5.41, 5.74) is 1.02. The lowest BCUT2D eigenvalue weighted by Gasteiger charge is -2.40. The van der Waals surface area contributed by atoms with Crippen LogP contribution in [-0.2, 0) is 18.6 Å². The van der Waals surface area contributed by atoms with Crippen LogP contribution in [0.3, 0.4) is 0 Å². The molecule has 4 rings (SSSR count). The second kappa shape index (κ2) is 9.06. The van der Waals surface area contributed by atoms with Gasteiger partial charge in [-0.1, -0.05) is 20.8 Å². The van der Waals surface area contributed by atoms with E-state index < -0.39 is 38.0 Å². The molecule has 3 aliphatic heterocycles. The van der Waals surface area contributed by atoms with E-state index in [2.05, 4.69) is 44.2 Å². The van der Waals surface area contributed by atoms with Gasteiger partial charge in [0.25, 0.3) is 0 Å². The highest BCUT2D eigenvalue weighted by molar-refractivity contribution is 7.10. The zero-order chi connectivity index (χ0) is 26.8. The molecule has 9 nitrogen and oxygen atoms in total. The minimum Gasteiger partial charge on any atom is -0.465 e. The standard InChI is InChI=1S/C25H41N3O6SSi/c1-23(2,3)28(22(29)30)21-20-16(26-13-27-21)14(12-35-20)17-19-18(33-25(7,8)34-19)15(32-17)11-31-36(9,10)24(4,5)6/h12-13,15,17-19,21H,11H2,1-10H3,(H,26,27)(H,29,30)/t15-,17+,18-,19+,21?/m1/s1. The van der Waals surface area contributed by atoms with E-state index in [0.717, 1.165) is 16.1 Å². The Morgan fingerprint density at radius 2 is 1.86 bits per heavy atom. The van der Waals surface area contributed by atoms with Gasteiger partial charge in [-0.2, -0.15) is 0 Å². The zero-order valence-electron chi connectivity index (χ0n) is 23.0. The molecule has 0 aromatic carbocycles. The van der Waals surface area contributed by atoms with Gasteiger partial charge in [-0.3, -0.25) is 4.90 Å². The minimum absolute atomic E-state index is 0.0862. The first-order valence-electron chi connectivity index (χ1n) is 12.5. The van der Waals surface area contributed by atoms with Crippen LogP contribution in [0.2, 0.25) is 18.1 Å². The van der Waals surface area contributed by atoms with Gasteiger partial charge in [-0.25, -0.2) is 9.79 Å². The summed E-state index contributed by atoms with van der Waals surface area (Å²) < 4.78 is 25.7. The number of amides is 1. The van der Waals surface area contributed by atoms with Crippen molar-refractivity contribution in [2.45, 2.75) is 115 Å². The van der Waals surface area contributed by atoms with Crippen molar-refractivity contribution in [2.24, 2.45) is 4.99 Å². The van der Waals surface area contributed by atoms with Crippen LogP contribution in [0, 0.1) is 0 Å². The molecule has 1 aromatic heterocycles. The monoisotopic (exact) mass is 539 g/mol. The number of rotatable bonds is 5. The van der Waals surface area contributed by atoms with E-state index in [1.54, 1.807) is 6.34 Å². The van der Waals surface area contributed by atoms with Gasteiger partial charge < -0.3 is 29.1 Å². The molecular weight excluding hydrogens is 498 g/mol. The van der Waals surface area contributed by atoms with Crippen LogP contribution in [0.4, 0.5) is 10.5 Å². The first-order valence-corrected chi connectivity index (χ1v) is 16.3. The largest absolute Gasteiger partial charge is 0.465 e. The molecule has 0 radical (unpaired) electrons. The smallest absolute Gasteiger partial charge is 0.409 e. The van der Waals surface area contributed by atoms with Crippen LogP contribution in [0.1, 0.15) is 78.1 Å². The summed E-state index contributed by atoms with van der Waals surface area (Å²) in [6.07, 6.45) is -1.21. The minimum atomic E-state index is -1.98. The molecular formula is C25H41N3O6SSi. The van der Waals surface area contributed by atoms with Gasteiger partial charge >= 0.3 is 6.09 Å². The van der Waals surface area contributed by atoms with E-state index in [1.807, 2.05) is 40.0 Å². The molecule has 0 saturated carbocycles. The fourth-order valence-corrected chi connectivity index (χ4v) is 6.81. The van der Waals surface area contributed by atoms with Crippen molar-refractivity contribution in [3.63, 3.8) is 0 Å². The van der Waals surface area contributed by atoms with Crippen molar-refractivity contribution in [3.8, 4) is 0 Å². The average molecular weight is 540 g/mol. The SMILES string of the molecule is CC1(C)O[C@@H]2[C@H](O1)[C@@H](CO[Si](C)(C)C(C)(C)C)O[C@H]2c1csc2c1N=CNC2N(C(=O)O)C(C)(C)C. The fraction of sp³-hybridized carbons (Fsp3) is 0.760. The number of nitrogens with zero attached hydrogens (tertiary/aromatic N) is 2. The maximum Gasteiger partial charge on any atom is 0.409 e. The molecule has 36 heavy (non-hydrogen) atoms. The molecule has 2 N–H and O–H groups in total. The number of hydrogen-bond acceptors (Lipinski definition) is 8. The van der Waals surface area contributed by atoms with E-state index in [1.165, 1.54) is 16.2 Å². The van der Waals surface area contributed by atoms with Crippen molar-refractivity contribution < 1.29 is 28.5 Å². The highest BCUT2D eigenvalue weighted by atomic mass is 32.1. The summed E-state index contributed by atoms with van der Waals surface area (Å²) in [5, 5.41) is 15.2. The highest BCUT2D eigenvalue weighted by Gasteiger charge is 2.57. The Balaban J connectivity index is 1.64. The van der Waals surface area contributed by atoms with E-state index in [4.69, 9.17) is 18.6 Å². The van der Waals surface area contributed by atoms with Gasteiger partial charge in [0.15, 0.2) is 14.1 Å². The summed E-state index contributed by atoms with van der Waals surface area (Å²) >= 11 is 1.48. The maximum absolute atomic E-state index is 12.2. The predicted octanol–water partition coefficient (Wildman–Crippen LogP) is 5.77. The van der Waals surface area contributed by atoms with Crippen molar-refractivity contribution >= 4 is 37.8 Å². The van der Waals surface area contributed by atoms with Crippen LogP contribution >= 0.6 is 11.3 Å². The Morgan fingerprint density at radius 1 is 1.22 bits per heavy atom. The van der Waals surface area contributed by atoms with E-state index in [-0.39, 0.29) is 23.4 Å². The van der Waals surface area contributed by atoms with Crippen molar-refractivity contribution in [1.29, 1.82) is 0 Å². The zero-order valence-corrected chi connectivity index (χ0v) is 24.9. The molecule has 0 spiro atoms. The van der Waals surface area contributed by atoms with Gasteiger partial charge in [-0.15, -0.1) is 11.3 Å². The van der Waals surface area contributed by atoms with Crippen LogP contribution in [0.25, 0.3) is 0 Å². The van der Waals surface area contributed by atoms with Crippen LogP contribution in [-0.4, -0.2) is 67.0 Å². The average Bonchev–Trinajstić information content (AvgIpc) is 3.35. The number of hydrogen-bond donors (Lipinski definition) is 2. The maximum atomic E-state index is 12.2. The topological polar surface area (TPSA) is 102 Å². The van der Waals surface area contributed by atoms with E-state index in [0.29, 0.717) is 6.61 Å². The molecule has 3 aliphatic rings. The number of thiophene rings is 1. The summed E-state index contributed by atoms with van der Waals surface area (Å²) in [7, 11) is -1.98. The second-order valence-corrected chi connectivity index (χ2v) is 18.5. The molecule has 2 saturated heterocycles. The molecule has 1 aromatic rings. The van der Waals surface area contributed by atoms with Gasteiger partial charge in [-0.05, 0) is 58.1 Å². The summed E-state index contributed by atoms with van der Waals surface area (Å²) in [6, 6.07) is 0. The Labute approximate surface area is 219 Å². The highest BCUT2D eigenvalue weighted by Crippen LogP contribution is 2.51. The molecule has 4 heterocycles. The molecule has 0 aliphatic carbocycles. The number of carboxylic acid groups (broad SMARTS) is 1. The third kappa shape index (κ3) is 4.98. The fourth-order valence-electron chi connectivity index (χ4n) is 4.71. The van der Waals surface area contributed by atoms with Gasteiger partial charge in [0, 0.05) is 11.1 Å². The number of carbonyl (C=O) groups is 1. The first kappa shape index (κ1) is 27.5. The van der Waals surface area contributed by atoms with Gasteiger partial charge in [0.2, 0.25) is 0 Å². The number of fused-ring (bicyclic) bond motifs is 2. The van der Waals surface area contributed by atoms with Gasteiger partial charge in [0.05, 0.1) is 23.5 Å². The first-order chi connectivity index (χ1) is 16.4. The molecule has 2 fully saturated rings. The molecule has 1 unspecified atom stereocenters. The van der Waals surface area contributed by atoms with Crippen LogP contribution in [0.5, 0.6) is 0 Å². The summed E-state index contributed by atoms with van der Waals surface area (Å²) in [4.78, 5) is 19.1. The quantitative estimate of drug-likeness (QED) is 0.458. The van der Waals surface area contributed by atoms with Gasteiger partial charge in [0.1, 0.15) is 30.6 Å². The third-order valence-electron chi connectivity index (χ3n) is 7.55. The Morgan fingerprint density at radius 3 is 2.44 bits per heavy atom. The molecule has 11 heteroatoms. The lowest BCUT2D eigenvalue weighted by molar-refractivity contribution is -0.190. The predicted molar refractivity (Wildman–Crippen MR) is 143 cm³/mol. The lowest BCUT2D eigenvalue weighted by Crippen LogP contribution is -2.51. The van der Waals surface area contributed by atoms with E-state index in [9.17, 15) is 9.90 Å². The van der Waals surface area contributed by atoms with Crippen LogP contribution in [0.15, 0.2) is 10.4 Å². The number of nitrogens with one attached hydrogen (secondary N) is 1. The number of aliphatic imine (C=N–C) groups is 1. The molecule has 1 amide bonds. The van der Waals surface area contributed by atoms with Crippen LogP contribution < -0.4 is 5.32 Å². The second-order valence-electron chi connectivity index (χ2n) is 12.8. The summed E-state index contributed by atoms with van der Waals surface area (Å²) in [6.45, 7) is 21.0. The van der Waals surface area contributed by atoms with Crippen molar-refractivity contribution in [2.75, 3.05) is 6.61 Å². The Hall–Kier alpha value is -1.50. The molecule has 5 atom stereocenters. The Kier molecular flexibility index (Phi) is 6.93. The summed E-state index contributed by atoms with van der Waals surface area (Å²) in [5.74, 6) is -0.734. The third-order valence-corrected chi connectivity index (χ3v) is 13.1. The lowest BCUT2D eigenvalue weighted by atomic mass is 10.0. The molecule has 0 bridgehead atoms. The van der Waals surface area contributed by atoms with Crippen molar-refractivity contribution in [3.05, 3.63) is 15.8 Å². The normalized spacial score (nSPS) is 29.6.